The van der Waals surface area contributed by atoms with E-state index >= 15 is 0 Å². The van der Waals surface area contributed by atoms with E-state index in [9.17, 15) is 13.2 Å². The lowest BCUT2D eigenvalue weighted by atomic mass is 10.2. The lowest BCUT2D eigenvalue weighted by Gasteiger charge is -2.27. The van der Waals surface area contributed by atoms with Crippen molar-refractivity contribution in [3.63, 3.8) is 0 Å². The van der Waals surface area contributed by atoms with Gasteiger partial charge >= 0.3 is 6.18 Å². The van der Waals surface area contributed by atoms with Crippen LogP contribution in [-0.4, -0.2) is 50.3 Å². The van der Waals surface area contributed by atoms with E-state index in [0.717, 1.165) is 13.1 Å². The molecular formula is C15H23F3N4S. The van der Waals surface area contributed by atoms with E-state index in [-0.39, 0.29) is 12.6 Å². The maximum Gasteiger partial charge on any atom is 0.390 e. The monoisotopic (exact) mass is 348 g/mol. The van der Waals surface area contributed by atoms with Gasteiger partial charge in [-0.15, -0.1) is 11.3 Å². The van der Waals surface area contributed by atoms with Crippen LogP contribution < -0.4 is 10.6 Å². The van der Waals surface area contributed by atoms with Gasteiger partial charge in [0.15, 0.2) is 5.96 Å². The molecule has 1 aromatic heterocycles. The van der Waals surface area contributed by atoms with E-state index in [1.165, 1.54) is 17.7 Å². The predicted octanol–water partition coefficient (Wildman–Crippen LogP) is 3.00. The highest BCUT2D eigenvalue weighted by Gasteiger charge is 2.27. The van der Waals surface area contributed by atoms with Gasteiger partial charge in [-0.1, -0.05) is 6.07 Å². The van der Waals surface area contributed by atoms with Gasteiger partial charge in [-0.2, -0.15) is 13.2 Å². The summed E-state index contributed by atoms with van der Waals surface area (Å²) >= 11 is 1.71. The molecule has 1 aliphatic rings. The molecule has 1 aromatic rings. The second kappa shape index (κ2) is 8.54. The number of hydrogen-bond donors (Lipinski definition) is 2. The van der Waals surface area contributed by atoms with Crippen LogP contribution in [0.2, 0.25) is 0 Å². The zero-order chi connectivity index (χ0) is 16.7. The average Bonchev–Trinajstić information content (AvgIpc) is 3.18. The Balaban J connectivity index is 1.86. The van der Waals surface area contributed by atoms with Crippen molar-refractivity contribution in [2.45, 2.75) is 31.5 Å². The summed E-state index contributed by atoms with van der Waals surface area (Å²) in [6.45, 7) is 2.58. The predicted molar refractivity (Wildman–Crippen MR) is 87.9 cm³/mol. The molecule has 1 aliphatic heterocycles. The molecule has 2 heterocycles. The molecule has 130 valence electrons. The second-order valence-electron chi connectivity index (χ2n) is 5.52. The summed E-state index contributed by atoms with van der Waals surface area (Å²) in [6, 6.07) is 4.37. The third-order valence-electron chi connectivity index (χ3n) is 3.84. The van der Waals surface area contributed by atoms with Gasteiger partial charge in [0.1, 0.15) is 0 Å². The zero-order valence-corrected chi connectivity index (χ0v) is 14.0. The van der Waals surface area contributed by atoms with E-state index in [1.807, 2.05) is 6.07 Å². The van der Waals surface area contributed by atoms with Gasteiger partial charge in [-0.3, -0.25) is 9.89 Å². The van der Waals surface area contributed by atoms with Crippen molar-refractivity contribution in [1.29, 1.82) is 0 Å². The van der Waals surface area contributed by atoms with Gasteiger partial charge in [-0.25, -0.2) is 0 Å². The van der Waals surface area contributed by atoms with Gasteiger partial charge in [0, 0.05) is 25.0 Å². The Labute approximate surface area is 138 Å². The molecule has 4 nitrogen and oxygen atoms in total. The first-order chi connectivity index (χ1) is 11.0. The van der Waals surface area contributed by atoms with E-state index in [0.29, 0.717) is 12.5 Å². The smallest absolute Gasteiger partial charge is 0.356 e. The molecule has 1 fully saturated rings. The highest BCUT2D eigenvalue weighted by Crippen LogP contribution is 2.27. The Bertz CT molecular complexity index is 481. The number of alkyl halides is 3. The molecule has 0 aromatic carbocycles. The minimum atomic E-state index is -4.15. The lowest BCUT2D eigenvalue weighted by molar-refractivity contribution is -0.132. The number of hydrogen-bond acceptors (Lipinski definition) is 3. The maximum absolute atomic E-state index is 12.2. The summed E-state index contributed by atoms with van der Waals surface area (Å²) in [4.78, 5) is 7.69. The molecule has 0 radical (unpaired) electrons. The Kier molecular flexibility index (Phi) is 6.71. The highest BCUT2D eigenvalue weighted by molar-refractivity contribution is 7.10. The normalized spacial score (nSPS) is 18.2. The number of likely N-dealkylation sites (tertiary alicyclic amines) is 1. The third kappa shape index (κ3) is 6.02. The number of thiophene rings is 1. The Hall–Kier alpha value is -1.28. The van der Waals surface area contributed by atoms with Crippen LogP contribution in [0.3, 0.4) is 0 Å². The summed E-state index contributed by atoms with van der Waals surface area (Å²) in [5, 5.41) is 7.93. The molecule has 1 saturated heterocycles. The largest absolute Gasteiger partial charge is 0.390 e. The summed E-state index contributed by atoms with van der Waals surface area (Å²) in [5.41, 5.74) is 0. The van der Waals surface area contributed by atoms with E-state index < -0.39 is 12.6 Å². The molecule has 23 heavy (non-hydrogen) atoms. The topological polar surface area (TPSA) is 39.7 Å². The van der Waals surface area contributed by atoms with Crippen molar-refractivity contribution in [1.82, 2.24) is 15.5 Å². The Morgan fingerprint density at radius 3 is 2.65 bits per heavy atom. The zero-order valence-electron chi connectivity index (χ0n) is 13.2. The SMILES string of the molecule is CN=C(NCCC(F)(F)F)NCC(c1cccs1)N1CCCC1. The molecule has 0 spiro atoms. The Morgan fingerprint density at radius 1 is 1.35 bits per heavy atom. The molecule has 1 unspecified atom stereocenters. The molecule has 0 aliphatic carbocycles. The second-order valence-corrected chi connectivity index (χ2v) is 6.50. The molecule has 8 heteroatoms. The van der Waals surface area contributed by atoms with E-state index in [1.54, 1.807) is 18.4 Å². The molecule has 1 atom stereocenters. The molecule has 0 amide bonds. The van der Waals surface area contributed by atoms with E-state index in [4.69, 9.17) is 0 Å². The van der Waals surface area contributed by atoms with Crippen LogP contribution in [0.25, 0.3) is 0 Å². The molecular weight excluding hydrogens is 325 g/mol. The Morgan fingerprint density at radius 2 is 2.09 bits per heavy atom. The average molecular weight is 348 g/mol. The summed E-state index contributed by atoms with van der Waals surface area (Å²) < 4.78 is 36.6. The molecule has 0 bridgehead atoms. The molecule has 2 N–H and O–H groups in total. The minimum absolute atomic E-state index is 0.170. The van der Waals surface area contributed by atoms with Gasteiger partial charge in [0.05, 0.1) is 12.5 Å². The first-order valence-corrected chi connectivity index (χ1v) is 8.66. The number of nitrogens with zero attached hydrogens (tertiary/aromatic N) is 2. The quantitative estimate of drug-likeness (QED) is 0.613. The first-order valence-electron chi connectivity index (χ1n) is 7.78. The van der Waals surface area contributed by atoms with Gasteiger partial charge in [0.2, 0.25) is 0 Å². The van der Waals surface area contributed by atoms with Crippen LogP contribution in [0.5, 0.6) is 0 Å². The van der Waals surface area contributed by atoms with Crippen LogP contribution in [-0.2, 0) is 0 Å². The van der Waals surface area contributed by atoms with Gasteiger partial charge in [0.25, 0.3) is 0 Å². The van der Waals surface area contributed by atoms with Crippen molar-refractivity contribution >= 4 is 17.3 Å². The summed E-state index contributed by atoms with van der Waals surface area (Å²) in [5.74, 6) is 0.412. The minimum Gasteiger partial charge on any atom is -0.356 e. The van der Waals surface area contributed by atoms with Crippen molar-refractivity contribution in [2.24, 2.45) is 4.99 Å². The number of rotatable bonds is 6. The fourth-order valence-corrected chi connectivity index (χ4v) is 3.54. The van der Waals surface area contributed by atoms with Crippen molar-refractivity contribution in [3.8, 4) is 0 Å². The van der Waals surface area contributed by atoms with Crippen LogP contribution in [0.15, 0.2) is 22.5 Å². The molecule has 0 saturated carbocycles. The lowest BCUT2D eigenvalue weighted by Crippen LogP contribution is -2.43. The molecule has 2 rings (SSSR count). The van der Waals surface area contributed by atoms with Gasteiger partial charge in [-0.05, 0) is 37.4 Å². The van der Waals surface area contributed by atoms with Crippen LogP contribution in [0.4, 0.5) is 13.2 Å². The van der Waals surface area contributed by atoms with Crippen molar-refractivity contribution in [2.75, 3.05) is 33.2 Å². The summed E-state index contributed by atoms with van der Waals surface area (Å²) in [6.07, 6.45) is -2.63. The van der Waals surface area contributed by atoms with Gasteiger partial charge < -0.3 is 10.6 Å². The van der Waals surface area contributed by atoms with E-state index in [2.05, 4.69) is 32.0 Å². The van der Waals surface area contributed by atoms with Crippen LogP contribution >= 0.6 is 11.3 Å². The van der Waals surface area contributed by atoms with Crippen LogP contribution in [0, 0.1) is 0 Å². The number of guanidine groups is 1. The number of nitrogens with one attached hydrogen (secondary N) is 2. The van der Waals surface area contributed by atoms with Crippen molar-refractivity contribution < 1.29 is 13.2 Å². The van der Waals surface area contributed by atoms with Crippen molar-refractivity contribution in [3.05, 3.63) is 22.4 Å². The highest BCUT2D eigenvalue weighted by atomic mass is 32.1. The maximum atomic E-state index is 12.2. The number of aliphatic imine (C=N–C) groups is 1. The fraction of sp³-hybridized carbons (Fsp3) is 0.667. The summed E-state index contributed by atoms with van der Waals surface area (Å²) in [7, 11) is 1.57. The standard InChI is InChI=1S/C15H23F3N4S/c1-19-14(20-7-6-15(16,17)18)21-11-12(13-5-4-10-23-13)22-8-2-3-9-22/h4-5,10,12H,2-3,6-9,11H2,1H3,(H2,19,20,21). The number of halogens is 3. The fourth-order valence-electron chi connectivity index (χ4n) is 2.68. The first kappa shape index (κ1) is 18.1. The third-order valence-corrected chi connectivity index (χ3v) is 4.81. The van der Waals surface area contributed by atoms with Crippen LogP contribution in [0.1, 0.15) is 30.2 Å².